The summed E-state index contributed by atoms with van der Waals surface area (Å²) >= 11 is 0. The van der Waals surface area contributed by atoms with E-state index < -0.39 is 0 Å². The molecule has 2 aromatic heterocycles. The zero-order valence-electron chi connectivity index (χ0n) is 17.6. The van der Waals surface area contributed by atoms with Crippen LogP contribution in [0.4, 0.5) is 5.69 Å². The number of nitrogens with zero attached hydrogens (tertiary/aromatic N) is 4. The SMILES string of the molecule is Cc1ccc(-c2nc3n(CC(=O)Nc4cccc(C)c4)c4c(c(=O)n3n2)CCC4)cc1. The highest BCUT2D eigenvalue weighted by Gasteiger charge is 2.25. The first-order valence-corrected chi connectivity index (χ1v) is 10.4. The number of hydrogen-bond acceptors (Lipinski definition) is 4. The van der Waals surface area contributed by atoms with E-state index in [0.717, 1.165) is 46.5 Å². The molecule has 4 aromatic rings. The van der Waals surface area contributed by atoms with E-state index in [2.05, 4.69) is 15.4 Å². The molecule has 7 heteroatoms. The molecule has 0 radical (unpaired) electrons. The first kappa shape index (κ1) is 19.2. The van der Waals surface area contributed by atoms with Gasteiger partial charge in [0.15, 0.2) is 5.82 Å². The Kier molecular flexibility index (Phi) is 4.66. The van der Waals surface area contributed by atoms with Gasteiger partial charge in [-0.25, -0.2) is 0 Å². The van der Waals surface area contributed by atoms with E-state index in [9.17, 15) is 9.59 Å². The fourth-order valence-corrected chi connectivity index (χ4v) is 4.18. The Morgan fingerprint density at radius 1 is 1.06 bits per heavy atom. The lowest BCUT2D eigenvalue weighted by atomic mass is 10.1. The number of fused-ring (bicyclic) bond motifs is 2. The molecule has 1 aliphatic carbocycles. The summed E-state index contributed by atoms with van der Waals surface area (Å²) in [6, 6.07) is 15.5. The van der Waals surface area contributed by atoms with E-state index in [0.29, 0.717) is 18.0 Å². The van der Waals surface area contributed by atoms with Gasteiger partial charge in [-0.05, 0) is 50.8 Å². The molecule has 5 rings (SSSR count). The van der Waals surface area contributed by atoms with Gasteiger partial charge in [-0.15, -0.1) is 5.10 Å². The third-order valence-electron chi connectivity index (χ3n) is 5.71. The van der Waals surface area contributed by atoms with Crippen molar-refractivity contribution >= 4 is 17.4 Å². The average Bonchev–Trinajstić information content (AvgIpc) is 3.40. The molecule has 0 saturated heterocycles. The summed E-state index contributed by atoms with van der Waals surface area (Å²) in [5, 5.41) is 7.44. The predicted molar refractivity (Wildman–Crippen MR) is 119 cm³/mol. The van der Waals surface area contributed by atoms with Crippen molar-refractivity contribution in [1.82, 2.24) is 19.2 Å². The fourth-order valence-electron chi connectivity index (χ4n) is 4.18. The van der Waals surface area contributed by atoms with Crippen molar-refractivity contribution in [2.75, 3.05) is 5.32 Å². The second kappa shape index (κ2) is 7.50. The van der Waals surface area contributed by atoms with Crippen molar-refractivity contribution in [3.63, 3.8) is 0 Å². The van der Waals surface area contributed by atoms with Gasteiger partial charge in [0, 0.05) is 22.5 Å². The number of aromatic nitrogens is 4. The monoisotopic (exact) mass is 413 g/mol. The normalized spacial score (nSPS) is 12.8. The summed E-state index contributed by atoms with van der Waals surface area (Å²) in [5.74, 6) is 0.722. The summed E-state index contributed by atoms with van der Waals surface area (Å²) in [7, 11) is 0. The van der Waals surface area contributed by atoms with Gasteiger partial charge in [0.2, 0.25) is 11.7 Å². The molecule has 0 bridgehead atoms. The smallest absolute Gasteiger partial charge is 0.279 e. The van der Waals surface area contributed by atoms with Gasteiger partial charge in [0.25, 0.3) is 5.56 Å². The summed E-state index contributed by atoms with van der Waals surface area (Å²) in [5.41, 5.74) is 5.29. The van der Waals surface area contributed by atoms with Crippen LogP contribution in [-0.2, 0) is 24.2 Å². The van der Waals surface area contributed by atoms with Crippen LogP contribution in [0.2, 0.25) is 0 Å². The van der Waals surface area contributed by atoms with Gasteiger partial charge >= 0.3 is 0 Å². The number of nitrogens with one attached hydrogen (secondary N) is 1. The van der Waals surface area contributed by atoms with E-state index in [1.807, 2.05) is 66.9 Å². The maximum absolute atomic E-state index is 13.0. The second-order valence-corrected chi connectivity index (χ2v) is 8.10. The summed E-state index contributed by atoms with van der Waals surface area (Å²) in [4.78, 5) is 30.6. The van der Waals surface area contributed by atoms with Gasteiger partial charge in [-0.3, -0.25) is 9.59 Å². The Balaban J connectivity index is 1.57. The van der Waals surface area contributed by atoms with Crippen molar-refractivity contribution in [2.45, 2.75) is 39.7 Å². The maximum atomic E-state index is 13.0. The molecule has 0 fully saturated rings. The lowest BCUT2D eigenvalue weighted by Gasteiger charge is -2.14. The summed E-state index contributed by atoms with van der Waals surface area (Å²) in [6.07, 6.45) is 2.34. The highest BCUT2D eigenvalue weighted by molar-refractivity contribution is 5.91. The lowest BCUT2D eigenvalue weighted by molar-refractivity contribution is -0.116. The van der Waals surface area contributed by atoms with Gasteiger partial charge in [0.05, 0.1) is 0 Å². The number of rotatable bonds is 4. The first-order valence-electron chi connectivity index (χ1n) is 10.4. The van der Waals surface area contributed by atoms with Crippen molar-refractivity contribution in [3.05, 3.63) is 81.3 Å². The topological polar surface area (TPSA) is 81.3 Å². The quantitative estimate of drug-likeness (QED) is 0.557. The minimum Gasteiger partial charge on any atom is -0.325 e. The predicted octanol–water partition coefficient (Wildman–Crippen LogP) is 3.30. The molecular weight excluding hydrogens is 390 g/mol. The summed E-state index contributed by atoms with van der Waals surface area (Å²) < 4.78 is 3.19. The van der Waals surface area contributed by atoms with E-state index >= 15 is 0 Å². The number of amides is 1. The van der Waals surface area contributed by atoms with E-state index in [1.54, 1.807) is 0 Å². The average molecular weight is 413 g/mol. The standard InChI is InChI=1S/C24H23N5O2/c1-15-9-11-17(12-10-15)22-26-24-28(14-21(30)25-18-6-3-5-16(2)13-18)20-8-4-7-19(20)23(31)29(24)27-22/h3,5-6,9-13H,4,7-8,14H2,1-2H3,(H,25,30). The Hall–Kier alpha value is -3.74. The number of benzene rings is 2. The molecular formula is C24H23N5O2. The largest absolute Gasteiger partial charge is 0.325 e. The van der Waals surface area contributed by atoms with Crippen LogP contribution >= 0.6 is 0 Å². The van der Waals surface area contributed by atoms with Crippen LogP contribution in [-0.4, -0.2) is 25.1 Å². The molecule has 1 aliphatic rings. The van der Waals surface area contributed by atoms with Crippen LogP contribution in [0.1, 0.15) is 28.8 Å². The van der Waals surface area contributed by atoms with Crippen LogP contribution in [0.25, 0.3) is 17.2 Å². The lowest BCUT2D eigenvalue weighted by Crippen LogP contribution is -2.28. The third-order valence-corrected chi connectivity index (χ3v) is 5.71. The highest BCUT2D eigenvalue weighted by Crippen LogP contribution is 2.23. The van der Waals surface area contributed by atoms with Gasteiger partial charge in [-0.2, -0.15) is 9.50 Å². The molecule has 0 spiro atoms. The summed E-state index contributed by atoms with van der Waals surface area (Å²) in [6.45, 7) is 4.07. The Morgan fingerprint density at radius 3 is 2.65 bits per heavy atom. The molecule has 2 heterocycles. The number of aryl methyl sites for hydroxylation is 2. The fraction of sp³-hybridized carbons (Fsp3) is 0.250. The Labute approximate surface area is 179 Å². The van der Waals surface area contributed by atoms with Gasteiger partial charge < -0.3 is 9.88 Å². The van der Waals surface area contributed by atoms with E-state index in [-0.39, 0.29) is 18.0 Å². The highest BCUT2D eigenvalue weighted by atomic mass is 16.2. The Bertz CT molecular complexity index is 1370. The van der Waals surface area contributed by atoms with Crippen molar-refractivity contribution in [3.8, 4) is 11.4 Å². The molecule has 31 heavy (non-hydrogen) atoms. The second-order valence-electron chi connectivity index (χ2n) is 8.10. The molecule has 1 amide bonds. The minimum absolute atomic E-state index is 0.0755. The van der Waals surface area contributed by atoms with Crippen LogP contribution in [0.15, 0.2) is 53.3 Å². The zero-order chi connectivity index (χ0) is 21.5. The molecule has 0 atom stereocenters. The van der Waals surface area contributed by atoms with Crippen molar-refractivity contribution in [2.24, 2.45) is 0 Å². The number of hydrogen-bond donors (Lipinski definition) is 1. The maximum Gasteiger partial charge on any atom is 0.279 e. The zero-order valence-corrected chi connectivity index (χ0v) is 17.6. The molecule has 0 aliphatic heterocycles. The van der Waals surface area contributed by atoms with E-state index in [1.165, 1.54) is 4.52 Å². The first-order chi connectivity index (χ1) is 15.0. The van der Waals surface area contributed by atoms with Crippen molar-refractivity contribution in [1.29, 1.82) is 0 Å². The minimum atomic E-state index is -0.162. The van der Waals surface area contributed by atoms with Gasteiger partial charge in [-0.1, -0.05) is 42.0 Å². The van der Waals surface area contributed by atoms with Crippen LogP contribution in [0.5, 0.6) is 0 Å². The van der Waals surface area contributed by atoms with Gasteiger partial charge in [0.1, 0.15) is 6.54 Å². The third kappa shape index (κ3) is 3.52. The molecule has 0 saturated carbocycles. The molecule has 1 N–H and O–H groups in total. The number of carbonyl (C=O) groups excluding carboxylic acids is 1. The molecule has 0 unspecified atom stereocenters. The Morgan fingerprint density at radius 2 is 1.87 bits per heavy atom. The number of anilines is 1. The molecule has 7 nitrogen and oxygen atoms in total. The molecule has 156 valence electrons. The van der Waals surface area contributed by atoms with Crippen LogP contribution in [0, 0.1) is 13.8 Å². The molecule has 2 aromatic carbocycles. The van der Waals surface area contributed by atoms with E-state index in [4.69, 9.17) is 0 Å². The van der Waals surface area contributed by atoms with Crippen LogP contribution in [0.3, 0.4) is 0 Å². The van der Waals surface area contributed by atoms with Crippen molar-refractivity contribution < 1.29 is 4.79 Å². The van der Waals surface area contributed by atoms with Crippen LogP contribution < -0.4 is 10.9 Å². The number of carbonyl (C=O) groups is 1.